The molecule has 1 aliphatic heterocycles. The summed E-state index contributed by atoms with van der Waals surface area (Å²) in [4.78, 5) is 29.5. The van der Waals surface area contributed by atoms with Crippen LogP contribution < -0.4 is 10.6 Å². The number of carbonyl (C=O) groups is 2. The number of carbonyl (C=O) groups excluding carboxylic acids is 2. The van der Waals surface area contributed by atoms with Crippen molar-refractivity contribution in [2.45, 2.75) is 38.5 Å². The van der Waals surface area contributed by atoms with Crippen LogP contribution >= 0.6 is 0 Å². The fourth-order valence-electron chi connectivity index (χ4n) is 3.57. The summed E-state index contributed by atoms with van der Waals surface area (Å²) in [5.41, 5.74) is -0.294. The Kier molecular flexibility index (Phi) is 6.47. The Morgan fingerprint density at radius 3 is 2.35 bits per heavy atom. The van der Waals surface area contributed by atoms with Gasteiger partial charge in [0.15, 0.2) is 0 Å². The summed E-state index contributed by atoms with van der Waals surface area (Å²) in [6.07, 6.45) is -4.19. The number of aryl methyl sites for hydroxylation is 1. The second-order valence-corrected chi connectivity index (χ2v) is 7.56. The summed E-state index contributed by atoms with van der Waals surface area (Å²) >= 11 is 0. The van der Waals surface area contributed by atoms with Crippen LogP contribution in [0.25, 0.3) is 0 Å². The third-order valence-electron chi connectivity index (χ3n) is 4.95. The van der Waals surface area contributed by atoms with Gasteiger partial charge in [0.25, 0.3) is 5.91 Å². The number of hydrogen-bond donors (Lipinski definition) is 2. The molecule has 0 aliphatic carbocycles. The number of amides is 2. The summed E-state index contributed by atoms with van der Waals surface area (Å²) in [6, 6.07) is 6.64. The molecule has 2 amide bonds. The molecule has 2 N–H and O–H groups in total. The molecule has 10 heteroatoms. The van der Waals surface area contributed by atoms with Crippen molar-refractivity contribution < 1.29 is 27.2 Å². The predicted molar refractivity (Wildman–Crippen MR) is 106 cm³/mol. The Morgan fingerprint density at radius 1 is 1.10 bits per heavy atom. The lowest BCUT2D eigenvalue weighted by Crippen LogP contribution is -2.55. The van der Waals surface area contributed by atoms with Crippen LogP contribution in [0.5, 0.6) is 0 Å². The number of benzene rings is 1. The van der Waals surface area contributed by atoms with Crippen LogP contribution in [-0.2, 0) is 11.0 Å². The molecule has 6 nitrogen and oxygen atoms in total. The largest absolute Gasteiger partial charge is 0.433 e. The van der Waals surface area contributed by atoms with Crippen molar-refractivity contribution in [2.75, 3.05) is 18.4 Å². The molecule has 3 rings (SSSR count). The molecule has 31 heavy (non-hydrogen) atoms. The van der Waals surface area contributed by atoms with Gasteiger partial charge in [-0.25, -0.2) is 9.37 Å². The number of pyridine rings is 1. The zero-order valence-corrected chi connectivity index (χ0v) is 17.0. The van der Waals surface area contributed by atoms with Gasteiger partial charge in [-0.3, -0.25) is 9.59 Å². The normalized spacial score (nSPS) is 19.1. The number of piperidine rings is 1. The van der Waals surface area contributed by atoms with Gasteiger partial charge in [-0.05, 0) is 49.7 Å². The molecular formula is C21H22F4N4O2. The predicted octanol–water partition coefficient (Wildman–Crippen LogP) is 3.38. The summed E-state index contributed by atoms with van der Waals surface area (Å²) < 4.78 is 52.3. The number of likely N-dealkylation sites (tertiary alicyclic amines) is 1. The van der Waals surface area contributed by atoms with Gasteiger partial charge in [0, 0.05) is 49.0 Å². The first-order valence-corrected chi connectivity index (χ1v) is 9.65. The van der Waals surface area contributed by atoms with E-state index in [1.165, 1.54) is 49.1 Å². The quantitative estimate of drug-likeness (QED) is 0.718. The fourth-order valence-corrected chi connectivity index (χ4v) is 3.57. The second kappa shape index (κ2) is 8.91. The molecule has 1 aromatic carbocycles. The van der Waals surface area contributed by atoms with Crippen LogP contribution in [0.2, 0.25) is 0 Å². The van der Waals surface area contributed by atoms with E-state index in [4.69, 9.17) is 0 Å². The highest BCUT2D eigenvalue weighted by Crippen LogP contribution is 2.30. The third kappa shape index (κ3) is 5.93. The Labute approximate surface area is 176 Å². The molecule has 2 atom stereocenters. The van der Waals surface area contributed by atoms with Crippen molar-refractivity contribution in [3.05, 3.63) is 59.2 Å². The smallest absolute Gasteiger partial charge is 0.380 e. The van der Waals surface area contributed by atoms with Gasteiger partial charge in [0.2, 0.25) is 5.91 Å². The average molecular weight is 438 g/mol. The number of alkyl halides is 3. The third-order valence-corrected chi connectivity index (χ3v) is 4.95. The molecule has 166 valence electrons. The number of halogens is 4. The number of anilines is 1. The number of nitrogens with one attached hydrogen (secondary N) is 2. The zero-order chi connectivity index (χ0) is 22.8. The molecule has 1 fully saturated rings. The molecular weight excluding hydrogens is 416 g/mol. The van der Waals surface area contributed by atoms with Crippen LogP contribution in [0, 0.1) is 12.7 Å². The molecule has 1 aliphatic rings. The van der Waals surface area contributed by atoms with E-state index < -0.39 is 29.6 Å². The van der Waals surface area contributed by atoms with Crippen molar-refractivity contribution in [3.8, 4) is 0 Å². The highest BCUT2D eigenvalue weighted by Gasteiger charge is 2.34. The second-order valence-electron chi connectivity index (χ2n) is 7.56. The zero-order valence-electron chi connectivity index (χ0n) is 17.0. The Hall–Kier alpha value is -3.17. The van der Waals surface area contributed by atoms with Gasteiger partial charge in [0.05, 0.1) is 0 Å². The molecule has 0 radical (unpaired) electrons. The highest BCUT2D eigenvalue weighted by atomic mass is 19.4. The van der Waals surface area contributed by atoms with E-state index in [0.717, 1.165) is 6.07 Å². The average Bonchev–Trinajstić information content (AvgIpc) is 2.67. The van der Waals surface area contributed by atoms with E-state index in [1.54, 1.807) is 0 Å². The van der Waals surface area contributed by atoms with Gasteiger partial charge in [-0.2, -0.15) is 13.2 Å². The molecule has 2 aromatic rings. The van der Waals surface area contributed by atoms with Crippen LogP contribution in [-0.4, -0.2) is 46.9 Å². The molecule has 0 spiro atoms. The van der Waals surface area contributed by atoms with Crippen LogP contribution in [0.15, 0.2) is 36.4 Å². The summed E-state index contributed by atoms with van der Waals surface area (Å²) in [5, 5.41) is 5.85. The Bertz CT molecular complexity index is 963. The SMILES string of the molecule is CC(=O)N1C[C@@H](NC(=O)c2ccc(F)cc2)C[C@@H](Nc2cc(C)nc(C(F)(F)F)c2)C1. The number of nitrogens with zero attached hydrogens (tertiary/aromatic N) is 2. The maximum Gasteiger partial charge on any atom is 0.433 e. The topological polar surface area (TPSA) is 74.3 Å². The first-order chi connectivity index (χ1) is 14.5. The van der Waals surface area contributed by atoms with Crippen LogP contribution in [0.3, 0.4) is 0 Å². The van der Waals surface area contributed by atoms with Crippen molar-refractivity contribution in [1.82, 2.24) is 15.2 Å². The van der Waals surface area contributed by atoms with Crippen molar-refractivity contribution in [3.63, 3.8) is 0 Å². The lowest BCUT2D eigenvalue weighted by atomic mass is 9.99. The summed E-state index contributed by atoms with van der Waals surface area (Å²) in [5.74, 6) is -1.10. The summed E-state index contributed by atoms with van der Waals surface area (Å²) in [6.45, 7) is 3.40. The lowest BCUT2D eigenvalue weighted by molar-refractivity contribution is -0.141. The number of rotatable bonds is 4. The number of hydrogen-bond acceptors (Lipinski definition) is 4. The Morgan fingerprint density at radius 2 is 1.74 bits per heavy atom. The van der Waals surface area contributed by atoms with Gasteiger partial charge in [0.1, 0.15) is 11.5 Å². The van der Waals surface area contributed by atoms with Gasteiger partial charge in [-0.15, -0.1) is 0 Å². The van der Waals surface area contributed by atoms with E-state index in [0.29, 0.717) is 6.42 Å². The molecule has 1 aromatic heterocycles. The summed E-state index contributed by atoms with van der Waals surface area (Å²) in [7, 11) is 0. The molecule has 0 bridgehead atoms. The fraction of sp³-hybridized carbons (Fsp3) is 0.381. The standard InChI is InChI=1S/C21H22F4N4O2/c1-12-7-16(9-19(26-12)21(23,24)25)27-17-8-18(11-29(10-17)13(2)30)28-20(31)14-3-5-15(22)6-4-14/h3-7,9,17-18H,8,10-11H2,1-2H3,(H,26,27)(H,28,31)/t17-,18+/m1/s1. The van der Waals surface area contributed by atoms with Crippen molar-refractivity contribution in [1.29, 1.82) is 0 Å². The monoisotopic (exact) mass is 438 g/mol. The first-order valence-electron chi connectivity index (χ1n) is 9.65. The molecule has 2 heterocycles. The van der Waals surface area contributed by atoms with Gasteiger partial charge < -0.3 is 15.5 Å². The van der Waals surface area contributed by atoms with Gasteiger partial charge in [-0.1, -0.05) is 0 Å². The first kappa shape index (κ1) is 22.5. The molecule has 1 saturated heterocycles. The maximum atomic E-state index is 13.1. The van der Waals surface area contributed by atoms with E-state index in [9.17, 15) is 27.2 Å². The van der Waals surface area contributed by atoms with E-state index in [1.807, 2.05) is 0 Å². The number of aromatic nitrogens is 1. The van der Waals surface area contributed by atoms with Crippen molar-refractivity contribution >= 4 is 17.5 Å². The van der Waals surface area contributed by atoms with Crippen LogP contribution in [0.4, 0.5) is 23.2 Å². The van der Waals surface area contributed by atoms with Gasteiger partial charge >= 0.3 is 6.18 Å². The van der Waals surface area contributed by atoms with Crippen LogP contribution in [0.1, 0.15) is 35.1 Å². The minimum atomic E-state index is -4.58. The molecule has 0 saturated carbocycles. The minimum absolute atomic E-state index is 0.206. The Balaban J connectivity index is 1.75. The van der Waals surface area contributed by atoms with E-state index in [-0.39, 0.29) is 42.0 Å². The molecule has 0 unspecified atom stereocenters. The van der Waals surface area contributed by atoms with E-state index in [2.05, 4.69) is 15.6 Å². The maximum absolute atomic E-state index is 13.1. The highest BCUT2D eigenvalue weighted by molar-refractivity contribution is 5.94. The van der Waals surface area contributed by atoms with Crippen molar-refractivity contribution in [2.24, 2.45) is 0 Å². The minimum Gasteiger partial charge on any atom is -0.380 e. The lowest BCUT2D eigenvalue weighted by Gasteiger charge is -2.38. The van der Waals surface area contributed by atoms with E-state index >= 15 is 0 Å².